The molecule has 0 aromatic heterocycles. The van der Waals surface area contributed by atoms with Gasteiger partial charge in [0.2, 0.25) is 0 Å². The first-order valence-electron chi connectivity index (χ1n) is 4.54. The molecule has 3 heteroatoms. The van der Waals surface area contributed by atoms with Crippen LogP contribution in [-0.4, -0.2) is 23.3 Å². The zero-order chi connectivity index (χ0) is 10.0. The van der Waals surface area contributed by atoms with Gasteiger partial charge in [0.05, 0.1) is 12.0 Å². The molecule has 1 aliphatic heterocycles. The first kappa shape index (κ1) is 10.3. The lowest BCUT2D eigenvalue weighted by Gasteiger charge is -2.14. The van der Waals surface area contributed by atoms with Gasteiger partial charge in [-0.1, -0.05) is 19.1 Å². The summed E-state index contributed by atoms with van der Waals surface area (Å²) in [7, 11) is 0. The smallest absolute Gasteiger partial charge is 0.309 e. The number of aliphatic hydroxyl groups excluding tert-OH is 1. The summed E-state index contributed by atoms with van der Waals surface area (Å²) in [6, 6.07) is 0. The van der Waals surface area contributed by atoms with Crippen molar-refractivity contribution in [3.8, 4) is 0 Å². The van der Waals surface area contributed by atoms with Crippen LogP contribution in [0.15, 0.2) is 12.2 Å². The molecular formula is C10H16O3. The fraction of sp³-hybridized carbons (Fsp3) is 0.700. The summed E-state index contributed by atoms with van der Waals surface area (Å²) >= 11 is 0. The Labute approximate surface area is 78.4 Å². The predicted octanol–water partition coefficient (Wildman–Crippen LogP) is 1.27. The van der Waals surface area contributed by atoms with E-state index in [1.807, 2.05) is 6.92 Å². The molecule has 0 aromatic rings. The molecule has 3 unspecified atom stereocenters. The molecule has 3 nitrogen and oxygen atoms in total. The lowest BCUT2D eigenvalue weighted by atomic mass is 10.0. The Hall–Kier alpha value is -0.830. The van der Waals surface area contributed by atoms with Gasteiger partial charge in [-0.05, 0) is 13.3 Å². The Kier molecular flexibility index (Phi) is 3.09. The van der Waals surface area contributed by atoms with Gasteiger partial charge in [0.15, 0.2) is 0 Å². The van der Waals surface area contributed by atoms with E-state index in [-0.39, 0.29) is 18.0 Å². The second-order valence-corrected chi connectivity index (χ2v) is 3.79. The second kappa shape index (κ2) is 3.92. The largest absolute Gasteiger partial charge is 0.462 e. The maximum atomic E-state index is 11.0. The first-order chi connectivity index (χ1) is 6.00. The van der Waals surface area contributed by atoms with E-state index in [1.165, 1.54) is 0 Å². The third-order valence-corrected chi connectivity index (χ3v) is 2.36. The number of hydrogen-bond acceptors (Lipinski definition) is 3. The van der Waals surface area contributed by atoms with Crippen molar-refractivity contribution >= 4 is 5.97 Å². The van der Waals surface area contributed by atoms with Crippen LogP contribution < -0.4 is 0 Å². The molecule has 13 heavy (non-hydrogen) atoms. The van der Waals surface area contributed by atoms with Crippen molar-refractivity contribution in [2.75, 3.05) is 0 Å². The van der Waals surface area contributed by atoms with Gasteiger partial charge < -0.3 is 9.84 Å². The molecule has 1 aliphatic rings. The summed E-state index contributed by atoms with van der Waals surface area (Å²) in [5.74, 6) is -0.179. The van der Waals surface area contributed by atoms with Gasteiger partial charge >= 0.3 is 5.97 Å². The molecule has 1 rings (SSSR count). The number of rotatable bonds is 3. The lowest BCUT2D eigenvalue weighted by Crippen LogP contribution is -2.18. The molecule has 1 N–H and O–H groups in total. The van der Waals surface area contributed by atoms with Crippen LogP contribution in [0.2, 0.25) is 0 Å². The average molecular weight is 184 g/mol. The summed E-state index contributed by atoms with van der Waals surface area (Å²) in [6.07, 6.45) is 0.506. The van der Waals surface area contributed by atoms with E-state index >= 15 is 0 Å². The maximum absolute atomic E-state index is 11.0. The Morgan fingerprint density at radius 1 is 1.85 bits per heavy atom. The molecule has 0 bridgehead atoms. The van der Waals surface area contributed by atoms with E-state index in [9.17, 15) is 9.90 Å². The van der Waals surface area contributed by atoms with E-state index in [2.05, 4.69) is 6.58 Å². The minimum atomic E-state index is -0.553. The lowest BCUT2D eigenvalue weighted by molar-refractivity contribution is -0.144. The van der Waals surface area contributed by atoms with Crippen molar-refractivity contribution in [3.05, 3.63) is 12.2 Å². The number of ether oxygens (including phenoxy) is 1. The highest BCUT2D eigenvalue weighted by Gasteiger charge is 2.32. The number of hydrogen-bond donors (Lipinski definition) is 1. The van der Waals surface area contributed by atoms with E-state index in [1.54, 1.807) is 6.92 Å². The number of aliphatic hydroxyl groups is 1. The van der Waals surface area contributed by atoms with Crippen molar-refractivity contribution < 1.29 is 14.6 Å². The van der Waals surface area contributed by atoms with Crippen molar-refractivity contribution in [2.45, 2.75) is 38.9 Å². The molecule has 1 fully saturated rings. The molecule has 0 saturated carbocycles. The van der Waals surface area contributed by atoms with Crippen LogP contribution in [-0.2, 0) is 9.53 Å². The molecule has 3 atom stereocenters. The summed E-state index contributed by atoms with van der Waals surface area (Å²) < 4.78 is 5.05. The molecule has 74 valence electrons. The van der Waals surface area contributed by atoms with Crippen molar-refractivity contribution in [3.63, 3.8) is 0 Å². The van der Waals surface area contributed by atoms with Crippen molar-refractivity contribution in [1.29, 1.82) is 0 Å². The predicted molar refractivity (Wildman–Crippen MR) is 49.1 cm³/mol. The van der Waals surface area contributed by atoms with Gasteiger partial charge in [-0.25, -0.2) is 0 Å². The van der Waals surface area contributed by atoms with Gasteiger partial charge in [0.25, 0.3) is 0 Å². The van der Waals surface area contributed by atoms with Gasteiger partial charge in [-0.3, -0.25) is 4.79 Å². The normalized spacial score (nSPS) is 29.9. The SMILES string of the molecule is C=C(C)C(O)CC1CC(C)C(=O)O1. The Balaban J connectivity index is 2.40. The van der Waals surface area contributed by atoms with Gasteiger partial charge in [-0.2, -0.15) is 0 Å². The summed E-state index contributed by atoms with van der Waals surface area (Å²) in [4.78, 5) is 11.0. The van der Waals surface area contributed by atoms with Gasteiger partial charge in [0, 0.05) is 6.42 Å². The van der Waals surface area contributed by atoms with Gasteiger partial charge in [-0.15, -0.1) is 0 Å². The highest BCUT2D eigenvalue weighted by Crippen LogP contribution is 2.24. The molecule has 0 radical (unpaired) electrons. The minimum Gasteiger partial charge on any atom is -0.462 e. The van der Waals surface area contributed by atoms with Gasteiger partial charge in [0.1, 0.15) is 6.10 Å². The Bertz CT molecular complexity index is 222. The second-order valence-electron chi connectivity index (χ2n) is 3.79. The molecular weight excluding hydrogens is 168 g/mol. The average Bonchev–Trinajstić information content (AvgIpc) is 2.31. The summed E-state index contributed by atoms with van der Waals surface area (Å²) in [5.41, 5.74) is 0.718. The third-order valence-electron chi connectivity index (χ3n) is 2.36. The summed E-state index contributed by atoms with van der Waals surface area (Å²) in [6.45, 7) is 7.26. The zero-order valence-electron chi connectivity index (χ0n) is 8.12. The van der Waals surface area contributed by atoms with Crippen LogP contribution in [0.5, 0.6) is 0 Å². The number of esters is 1. The van der Waals surface area contributed by atoms with Crippen molar-refractivity contribution in [2.24, 2.45) is 5.92 Å². The van der Waals surface area contributed by atoms with Crippen LogP contribution in [0, 0.1) is 5.92 Å². The van der Waals surface area contributed by atoms with Crippen LogP contribution in [0.4, 0.5) is 0 Å². The maximum Gasteiger partial charge on any atom is 0.309 e. The van der Waals surface area contributed by atoms with Crippen LogP contribution in [0.25, 0.3) is 0 Å². The van der Waals surface area contributed by atoms with Crippen molar-refractivity contribution in [1.82, 2.24) is 0 Å². The topological polar surface area (TPSA) is 46.5 Å². The standard InChI is InChI=1S/C10H16O3/c1-6(2)9(11)5-8-4-7(3)10(12)13-8/h7-9,11H,1,4-5H2,2-3H3. The highest BCUT2D eigenvalue weighted by atomic mass is 16.6. The Morgan fingerprint density at radius 2 is 2.46 bits per heavy atom. The zero-order valence-corrected chi connectivity index (χ0v) is 8.12. The highest BCUT2D eigenvalue weighted by molar-refractivity contribution is 5.74. The van der Waals surface area contributed by atoms with E-state index in [4.69, 9.17) is 4.74 Å². The first-order valence-corrected chi connectivity index (χ1v) is 4.54. The molecule has 1 heterocycles. The minimum absolute atomic E-state index is 0.0256. The number of carbonyl (C=O) groups is 1. The van der Waals surface area contributed by atoms with Crippen LogP contribution >= 0.6 is 0 Å². The quantitative estimate of drug-likeness (QED) is 0.530. The summed E-state index contributed by atoms with van der Waals surface area (Å²) in [5, 5.41) is 9.47. The van der Waals surface area contributed by atoms with Crippen LogP contribution in [0.1, 0.15) is 26.7 Å². The Morgan fingerprint density at radius 3 is 2.85 bits per heavy atom. The molecule has 0 aromatic carbocycles. The number of carbonyl (C=O) groups excluding carboxylic acids is 1. The number of cyclic esters (lactones) is 1. The monoisotopic (exact) mass is 184 g/mol. The van der Waals surface area contributed by atoms with Crippen LogP contribution in [0.3, 0.4) is 0 Å². The molecule has 0 spiro atoms. The molecule has 0 amide bonds. The molecule has 1 saturated heterocycles. The van der Waals surface area contributed by atoms with E-state index in [0.717, 1.165) is 5.57 Å². The molecule has 0 aliphatic carbocycles. The van der Waals surface area contributed by atoms with E-state index < -0.39 is 6.10 Å². The fourth-order valence-electron chi connectivity index (χ4n) is 1.41. The fourth-order valence-corrected chi connectivity index (χ4v) is 1.41. The third kappa shape index (κ3) is 2.56. The van der Waals surface area contributed by atoms with E-state index in [0.29, 0.717) is 12.8 Å².